The van der Waals surface area contributed by atoms with Crippen LogP contribution in [-0.2, 0) is 19.2 Å². The lowest BCUT2D eigenvalue weighted by Crippen LogP contribution is -2.65. The predicted molar refractivity (Wildman–Crippen MR) is 144 cm³/mol. The smallest absolute Gasteiger partial charge is 0.226 e. The van der Waals surface area contributed by atoms with Gasteiger partial charge in [-0.05, 0) is 79.1 Å². The lowest BCUT2D eigenvalue weighted by Gasteiger charge is -2.68. The van der Waals surface area contributed by atoms with Crippen molar-refractivity contribution in [1.29, 1.82) is 0 Å². The van der Waals surface area contributed by atoms with Gasteiger partial charge < -0.3 is 10.1 Å². The molecule has 0 aromatic carbocycles. The number of hydrogen-bond acceptors (Lipinski definition) is 4. The van der Waals surface area contributed by atoms with Gasteiger partial charge >= 0.3 is 0 Å². The molecule has 6 nitrogen and oxygen atoms in total. The van der Waals surface area contributed by atoms with Crippen LogP contribution in [0.4, 0.5) is 0 Å². The quantitative estimate of drug-likeness (QED) is 0.394. The number of ketones is 3. The maximum atomic E-state index is 14.4. The fraction of sp³-hybridized carbons (Fsp3) is 0.719. The molecular weight excluding hydrogens is 476 g/mol. The van der Waals surface area contributed by atoms with Crippen LogP contribution in [0.3, 0.4) is 0 Å². The molecule has 0 bridgehead atoms. The molecule has 0 heterocycles. The van der Waals surface area contributed by atoms with Gasteiger partial charge in [0, 0.05) is 22.7 Å². The Hall–Kier alpha value is -2.55. The molecule has 3 saturated carbocycles. The van der Waals surface area contributed by atoms with Gasteiger partial charge in [-0.15, -0.1) is 0 Å². The summed E-state index contributed by atoms with van der Waals surface area (Å²) in [5.41, 5.74) is -0.401. The number of amides is 1. The number of carbonyl (C=O) groups is 4. The number of nitrogens with one attached hydrogen (secondary N) is 1. The van der Waals surface area contributed by atoms with E-state index in [0.717, 1.165) is 50.5 Å². The van der Waals surface area contributed by atoms with Crippen molar-refractivity contribution in [3.63, 3.8) is 0 Å². The molecule has 8 atom stereocenters. The van der Waals surface area contributed by atoms with Gasteiger partial charge in [0.2, 0.25) is 12.1 Å². The van der Waals surface area contributed by atoms with Crippen LogP contribution in [0.5, 0.6) is 0 Å². The topological polar surface area (TPSA) is 84.7 Å². The summed E-state index contributed by atoms with van der Waals surface area (Å²) in [7, 11) is 0. The number of nitrogens with zero attached hydrogens (tertiary/aromatic N) is 1. The zero-order valence-electron chi connectivity index (χ0n) is 23.8. The fourth-order valence-corrected chi connectivity index (χ4v) is 10.0. The Labute approximate surface area is 226 Å². The van der Waals surface area contributed by atoms with Crippen molar-refractivity contribution in [2.45, 2.75) is 86.5 Å². The Balaban J connectivity index is 1.66. The van der Waals surface area contributed by atoms with E-state index in [9.17, 15) is 19.2 Å². The van der Waals surface area contributed by atoms with Gasteiger partial charge in [0.05, 0.1) is 13.1 Å². The number of rotatable bonds is 4. The van der Waals surface area contributed by atoms with Gasteiger partial charge in [-0.1, -0.05) is 53.2 Å². The molecule has 5 aliphatic carbocycles. The van der Waals surface area contributed by atoms with Gasteiger partial charge in [0.25, 0.3) is 0 Å². The van der Waals surface area contributed by atoms with Gasteiger partial charge in [0.1, 0.15) is 0 Å². The lowest BCUT2D eigenvalue weighted by molar-refractivity contribution is -0.175. The van der Waals surface area contributed by atoms with Crippen molar-refractivity contribution >= 4 is 23.8 Å². The summed E-state index contributed by atoms with van der Waals surface area (Å²) < 4.78 is 0. The fourth-order valence-electron chi connectivity index (χ4n) is 10.0. The van der Waals surface area contributed by atoms with Crippen molar-refractivity contribution in [3.8, 4) is 0 Å². The van der Waals surface area contributed by atoms with Crippen LogP contribution in [0, 0.1) is 57.3 Å². The number of Topliss-reactive ketones (excluding diaryl/α,β-unsaturated/α-hetero) is 2. The number of carbonyl (C=O) groups excluding carboxylic acids is 4. The van der Waals surface area contributed by atoms with Crippen LogP contribution in [0.2, 0.25) is 0 Å². The first-order chi connectivity index (χ1) is 17.7. The van der Waals surface area contributed by atoms with Gasteiger partial charge in [-0.2, -0.15) is 0 Å². The van der Waals surface area contributed by atoms with Crippen molar-refractivity contribution in [3.05, 3.63) is 34.8 Å². The Kier molecular flexibility index (Phi) is 6.03. The average molecular weight is 519 g/mol. The van der Waals surface area contributed by atoms with Crippen LogP contribution in [0.15, 0.2) is 23.4 Å². The van der Waals surface area contributed by atoms with Crippen molar-refractivity contribution < 1.29 is 19.2 Å². The molecular formula is C32H42N2O4. The Bertz CT molecular complexity index is 1220. The molecule has 0 saturated heterocycles. The zero-order valence-corrected chi connectivity index (χ0v) is 23.8. The second-order valence-corrected chi connectivity index (χ2v) is 14.5. The minimum atomic E-state index is -0.586. The third kappa shape index (κ3) is 3.36. The first-order valence-corrected chi connectivity index (χ1v) is 14.3. The molecule has 0 aliphatic heterocycles. The molecule has 38 heavy (non-hydrogen) atoms. The first kappa shape index (κ1) is 27.0. The first-order valence-electron chi connectivity index (χ1n) is 14.3. The maximum absolute atomic E-state index is 14.4. The highest BCUT2D eigenvalue weighted by Gasteiger charge is 2.69. The monoisotopic (exact) mass is 518 g/mol. The van der Waals surface area contributed by atoms with Crippen LogP contribution in [-0.4, -0.2) is 30.3 Å². The second-order valence-electron chi connectivity index (χ2n) is 14.5. The van der Waals surface area contributed by atoms with Crippen molar-refractivity contribution in [2.24, 2.45) is 50.7 Å². The van der Waals surface area contributed by atoms with E-state index >= 15 is 0 Å². The summed E-state index contributed by atoms with van der Waals surface area (Å²) in [5, 5.41) is 2.61. The number of allylic oxidation sites excluding steroid dienone is 4. The lowest BCUT2D eigenvalue weighted by atomic mass is 9.34. The molecule has 1 N–H and O–H groups in total. The molecule has 1 amide bonds. The van der Waals surface area contributed by atoms with E-state index in [1.807, 2.05) is 19.1 Å². The maximum Gasteiger partial charge on any atom is 0.226 e. The zero-order chi connectivity index (χ0) is 27.9. The average Bonchev–Trinajstić information content (AvgIpc) is 2.86. The largest absolute Gasteiger partial charge is 0.352 e. The highest BCUT2D eigenvalue weighted by Crippen LogP contribution is 2.73. The van der Waals surface area contributed by atoms with Crippen molar-refractivity contribution in [2.75, 3.05) is 6.54 Å². The SMILES string of the molecule is [C-]#[N+]C1=C[C@]2(C)C3=CC(=O)[C@@H]4[C@@H]5CC(C)(C)CC[C@]5(C(=O)CNC=O)CC[C@@]4(C)[C@]3(C)CC[C@H]2[C@H](C)C1=O. The molecule has 6 heteroatoms. The Morgan fingerprint density at radius 3 is 2.42 bits per heavy atom. The van der Waals surface area contributed by atoms with E-state index in [1.54, 1.807) is 0 Å². The minimum Gasteiger partial charge on any atom is -0.352 e. The third-order valence-corrected chi connectivity index (χ3v) is 12.4. The van der Waals surface area contributed by atoms with Crippen LogP contribution < -0.4 is 5.32 Å². The van der Waals surface area contributed by atoms with Crippen LogP contribution in [0.25, 0.3) is 4.85 Å². The van der Waals surface area contributed by atoms with Gasteiger partial charge in [-0.25, -0.2) is 4.85 Å². The Morgan fingerprint density at radius 2 is 1.76 bits per heavy atom. The molecule has 0 spiro atoms. The molecule has 0 unspecified atom stereocenters. The van der Waals surface area contributed by atoms with Gasteiger partial charge in [-0.3, -0.25) is 14.4 Å². The summed E-state index contributed by atoms with van der Waals surface area (Å²) in [6.45, 7) is 20.8. The van der Waals surface area contributed by atoms with Gasteiger partial charge in [0.15, 0.2) is 17.3 Å². The third-order valence-electron chi connectivity index (χ3n) is 12.4. The summed E-state index contributed by atoms with van der Waals surface area (Å²) in [6.07, 6.45) is 10.1. The van der Waals surface area contributed by atoms with Crippen LogP contribution >= 0.6 is 0 Å². The summed E-state index contributed by atoms with van der Waals surface area (Å²) in [4.78, 5) is 55.7. The molecule has 0 aromatic rings. The van der Waals surface area contributed by atoms with E-state index in [0.29, 0.717) is 6.41 Å². The van der Waals surface area contributed by atoms with E-state index in [1.165, 1.54) is 0 Å². The molecule has 5 rings (SSSR count). The molecule has 204 valence electrons. The van der Waals surface area contributed by atoms with E-state index in [-0.39, 0.29) is 69.5 Å². The normalized spacial score (nSPS) is 45.2. The summed E-state index contributed by atoms with van der Waals surface area (Å²) in [6, 6.07) is 0. The molecule has 0 radical (unpaired) electrons. The van der Waals surface area contributed by atoms with E-state index < -0.39 is 10.8 Å². The molecule has 3 fully saturated rings. The minimum absolute atomic E-state index is 0.0201. The number of hydrogen-bond donors (Lipinski definition) is 1. The van der Waals surface area contributed by atoms with Crippen molar-refractivity contribution in [1.82, 2.24) is 5.32 Å². The van der Waals surface area contributed by atoms with Crippen LogP contribution in [0.1, 0.15) is 86.5 Å². The standard InChI is InChI=1S/C32H42N2O4/c1-19-20-8-9-30(5)24(29(20,4)16-22(33-7)27(19)38)14-23(36)26-21-15-28(2,3)10-12-32(21,13-11-31(26,30)6)25(37)17-34-18-35/h14,16,18-21,26H,8-13,15,17H2,1-6H3,(H,34,35)/t19-,20-,21-,26-,29-,30+,31+,32-/m0/s1. The number of fused-ring (bicyclic) bond motifs is 7. The molecule has 5 aliphatic rings. The highest BCUT2D eigenvalue weighted by atomic mass is 16.1. The molecule has 0 aromatic heterocycles. The van der Waals surface area contributed by atoms with E-state index in [4.69, 9.17) is 6.57 Å². The van der Waals surface area contributed by atoms with E-state index in [2.05, 4.69) is 44.8 Å². The highest BCUT2D eigenvalue weighted by molar-refractivity contribution is 6.01. The second kappa shape index (κ2) is 8.47. The summed E-state index contributed by atoms with van der Waals surface area (Å²) >= 11 is 0. The predicted octanol–water partition coefficient (Wildman–Crippen LogP) is 5.48. The summed E-state index contributed by atoms with van der Waals surface area (Å²) in [5.74, 6) is -0.419. The Morgan fingerprint density at radius 1 is 1.08 bits per heavy atom.